The molecule has 5 heteroatoms. The number of hydrogen-bond donors (Lipinski definition) is 0. The number of aromatic nitrogens is 3. The van der Waals surface area contributed by atoms with E-state index in [2.05, 4.69) is 17.2 Å². The van der Waals surface area contributed by atoms with Gasteiger partial charge in [0.2, 0.25) is 0 Å². The van der Waals surface area contributed by atoms with Crippen molar-refractivity contribution in [3.8, 4) is 0 Å². The van der Waals surface area contributed by atoms with Gasteiger partial charge in [-0.25, -0.2) is 9.48 Å². The maximum Gasteiger partial charge on any atom is 0.360 e. The van der Waals surface area contributed by atoms with Gasteiger partial charge >= 0.3 is 5.97 Å². The molecule has 0 N–H and O–H groups in total. The van der Waals surface area contributed by atoms with E-state index in [9.17, 15) is 4.79 Å². The van der Waals surface area contributed by atoms with Gasteiger partial charge in [-0.1, -0.05) is 31.4 Å². The second-order valence-electron chi connectivity index (χ2n) is 5.28. The first-order valence-corrected chi connectivity index (χ1v) is 7.26. The van der Waals surface area contributed by atoms with Gasteiger partial charge < -0.3 is 4.74 Å². The highest BCUT2D eigenvalue weighted by molar-refractivity contribution is 5.88. The fraction of sp³-hybridized carbons (Fsp3) is 0.786. The largest absolute Gasteiger partial charge is 0.461 e. The monoisotopic (exact) mass is 265 g/mol. The van der Waals surface area contributed by atoms with E-state index in [1.807, 2.05) is 11.6 Å². The Bertz CT molecular complexity index is 442. The molecule has 0 saturated heterocycles. The highest BCUT2D eigenvalue weighted by Gasteiger charge is 2.26. The number of nitrogens with zero attached hydrogens (tertiary/aromatic N) is 3. The minimum atomic E-state index is -0.367. The molecule has 5 nitrogen and oxygen atoms in total. The van der Waals surface area contributed by atoms with E-state index in [4.69, 9.17) is 4.74 Å². The molecule has 2 rings (SSSR count). The van der Waals surface area contributed by atoms with Crippen molar-refractivity contribution in [2.75, 3.05) is 6.61 Å². The van der Waals surface area contributed by atoms with Gasteiger partial charge in [0.1, 0.15) is 0 Å². The summed E-state index contributed by atoms with van der Waals surface area (Å²) in [7, 11) is 0. The van der Waals surface area contributed by atoms with Crippen LogP contribution < -0.4 is 0 Å². The minimum absolute atomic E-state index is 0.362. The molecule has 0 bridgehead atoms. The molecule has 0 spiro atoms. The van der Waals surface area contributed by atoms with Crippen LogP contribution in [0.2, 0.25) is 0 Å². The summed E-state index contributed by atoms with van der Waals surface area (Å²) in [6.07, 6.45) is 6.03. The molecule has 1 aromatic heterocycles. The lowest BCUT2D eigenvalue weighted by molar-refractivity contribution is 0.0518. The molecule has 2 atom stereocenters. The van der Waals surface area contributed by atoms with Crippen molar-refractivity contribution in [3.05, 3.63) is 11.4 Å². The lowest BCUT2D eigenvalue weighted by atomic mass is 9.84. The molecule has 0 aliphatic heterocycles. The topological polar surface area (TPSA) is 57.0 Å². The van der Waals surface area contributed by atoms with E-state index in [0.717, 1.165) is 24.5 Å². The number of hydrogen-bond acceptors (Lipinski definition) is 4. The normalized spacial score (nSPS) is 23.3. The van der Waals surface area contributed by atoms with Crippen LogP contribution in [0.5, 0.6) is 0 Å². The van der Waals surface area contributed by atoms with Gasteiger partial charge in [0.05, 0.1) is 18.3 Å². The molecule has 19 heavy (non-hydrogen) atoms. The van der Waals surface area contributed by atoms with Crippen molar-refractivity contribution < 1.29 is 9.53 Å². The van der Waals surface area contributed by atoms with Crippen LogP contribution in [0.25, 0.3) is 0 Å². The Morgan fingerprint density at radius 3 is 2.89 bits per heavy atom. The third-order valence-corrected chi connectivity index (χ3v) is 4.07. The van der Waals surface area contributed by atoms with Crippen molar-refractivity contribution in [2.24, 2.45) is 5.92 Å². The van der Waals surface area contributed by atoms with E-state index >= 15 is 0 Å². The standard InChI is InChI=1S/C14H23N3O2/c1-4-11-7-6-8-12(9-11)17-10(3)13(15-16-17)14(18)19-5-2/h11-12H,4-9H2,1-3H3. The van der Waals surface area contributed by atoms with Gasteiger partial charge in [0, 0.05) is 0 Å². The first-order valence-electron chi connectivity index (χ1n) is 7.26. The maximum absolute atomic E-state index is 11.7. The highest BCUT2D eigenvalue weighted by atomic mass is 16.5. The van der Waals surface area contributed by atoms with Gasteiger partial charge in [-0.05, 0) is 32.6 Å². The Morgan fingerprint density at radius 1 is 1.42 bits per heavy atom. The van der Waals surface area contributed by atoms with Gasteiger partial charge in [-0.3, -0.25) is 0 Å². The fourth-order valence-electron chi connectivity index (χ4n) is 2.93. The van der Waals surface area contributed by atoms with E-state index < -0.39 is 0 Å². The second kappa shape index (κ2) is 6.17. The average Bonchev–Trinajstić information content (AvgIpc) is 2.81. The lowest BCUT2D eigenvalue weighted by Crippen LogP contribution is -2.21. The quantitative estimate of drug-likeness (QED) is 0.785. The molecule has 1 aliphatic carbocycles. The zero-order valence-electron chi connectivity index (χ0n) is 12.1. The Labute approximate surface area is 114 Å². The van der Waals surface area contributed by atoms with Crippen LogP contribution in [-0.4, -0.2) is 27.6 Å². The van der Waals surface area contributed by atoms with Gasteiger partial charge in [0.25, 0.3) is 0 Å². The van der Waals surface area contributed by atoms with Crippen LogP contribution in [0.15, 0.2) is 0 Å². The number of esters is 1. The zero-order valence-corrected chi connectivity index (χ0v) is 12.1. The average molecular weight is 265 g/mol. The molecule has 1 aliphatic rings. The predicted molar refractivity (Wildman–Crippen MR) is 72.0 cm³/mol. The van der Waals surface area contributed by atoms with E-state index in [1.165, 1.54) is 19.3 Å². The van der Waals surface area contributed by atoms with E-state index in [-0.39, 0.29) is 5.97 Å². The number of carbonyl (C=O) groups is 1. The molecule has 0 aromatic carbocycles. The predicted octanol–water partition coefficient (Wildman–Crippen LogP) is 2.90. The molecule has 106 valence electrons. The molecule has 1 aromatic rings. The SMILES string of the molecule is CCOC(=O)c1nnn(C2CCCC(CC)C2)c1C. The second-order valence-corrected chi connectivity index (χ2v) is 5.28. The zero-order chi connectivity index (χ0) is 13.8. The van der Waals surface area contributed by atoms with Crippen LogP contribution in [0.4, 0.5) is 0 Å². The van der Waals surface area contributed by atoms with Crippen molar-refractivity contribution in [3.63, 3.8) is 0 Å². The summed E-state index contributed by atoms with van der Waals surface area (Å²) in [4.78, 5) is 11.7. The summed E-state index contributed by atoms with van der Waals surface area (Å²) >= 11 is 0. The Morgan fingerprint density at radius 2 is 2.21 bits per heavy atom. The lowest BCUT2D eigenvalue weighted by Gasteiger charge is -2.28. The van der Waals surface area contributed by atoms with Crippen LogP contribution in [-0.2, 0) is 4.74 Å². The molecule has 1 heterocycles. The van der Waals surface area contributed by atoms with Crippen LogP contribution in [0, 0.1) is 12.8 Å². The minimum Gasteiger partial charge on any atom is -0.461 e. The van der Waals surface area contributed by atoms with Crippen molar-refractivity contribution >= 4 is 5.97 Å². The van der Waals surface area contributed by atoms with Crippen molar-refractivity contribution in [1.29, 1.82) is 0 Å². The van der Waals surface area contributed by atoms with Gasteiger partial charge in [0.15, 0.2) is 5.69 Å². The van der Waals surface area contributed by atoms with Crippen LogP contribution in [0.3, 0.4) is 0 Å². The Balaban J connectivity index is 2.15. The molecular weight excluding hydrogens is 242 g/mol. The van der Waals surface area contributed by atoms with E-state index in [1.54, 1.807) is 6.92 Å². The highest BCUT2D eigenvalue weighted by Crippen LogP contribution is 2.34. The molecule has 0 radical (unpaired) electrons. The first-order chi connectivity index (χ1) is 9.17. The number of rotatable bonds is 4. The van der Waals surface area contributed by atoms with E-state index in [0.29, 0.717) is 18.3 Å². The van der Waals surface area contributed by atoms with Crippen LogP contribution >= 0.6 is 0 Å². The van der Waals surface area contributed by atoms with Gasteiger partial charge in [-0.2, -0.15) is 0 Å². The van der Waals surface area contributed by atoms with Gasteiger partial charge in [-0.15, -0.1) is 5.10 Å². The number of ether oxygens (including phenoxy) is 1. The third kappa shape index (κ3) is 2.96. The van der Waals surface area contributed by atoms with Crippen molar-refractivity contribution in [1.82, 2.24) is 15.0 Å². The fourth-order valence-corrected chi connectivity index (χ4v) is 2.93. The smallest absolute Gasteiger partial charge is 0.360 e. The molecule has 2 unspecified atom stereocenters. The Kier molecular flexibility index (Phi) is 4.56. The van der Waals surface area contributed by atoms with Crippen molar-refractivity contribution in [2.45, 2.75) is 58.9 Å². The maximum atomic E-state index is 11.7. The molecule has 0 amide bonds. The summed E-state index contributed by atoms with van der Waals surface area (Å²) in [5, 5.41) is 8.18. The summed E-state index contributed by atoms with van der Waals surface area (Å²) in [6.45, 7) is 6.31. The summed E-state index contributed by atoms with van der Waals surface area (Å²) in [5.74, 6) is 0.405. The molecule has 1 saturated carbocycles. The summed E-state index contributed by atoms with van der Waals surface area (Å²) in [6, 6.07) is 0.384. The summed E-state index contributed by atoms with van der Waals surface area (Å²) < 4.78 is 6.92. The number of carbonyl (C=O) groups excluding carboxylic acids is 1. The molecular formula is C14H23N3O2. The Hall–Kier alpha value is -1.39. The first kappa shape index (κ1) is 14.0. The third-order valence-electron chi connectivity index (χ3n) is 4.07. The summed E-state index contributed by atoms with van der Waals surface area (Å²) in [5.41, 5.74) is 1.20. The van der Waals surface area contributed by atoms with Crippen LogP contribution in [0.1, 0.15) is 68.2 Å². The molecule has 1 fully saturated rings.